The molecule has 102 valence electrons. The number of sulfone groups is 1. The summed E-state index contributed by atoms with van der Waals surface area (Å²) in [4.78, 5) is 11.2. The first kappa shape index (κ1) is 15.2. The molecule has 0 spiro atoms. The average Bonchev–Trinajstić information content (AvgIpc) is 2.34. The van der Waals surface area contributed by atoms with Crippen LogP contribution in [0.1, 0.15) is 18.4 Å². The summed E-state index contributed by atoms with van der Waals surface area (Å²) in [7, 11) is -3.42. The smallest absolute Gasteiger partial charge is 0.221 e. The Hall–Kier alpha value is -1.87. The van der Waals surface area contributed by atoms with Crippen molar-refractivity contribution in [2.45, 2.75) is 18.6 Å². The molecule has 0 fully saturated rings. The van der Waals surface area contributed by atoms with E-state index < -0.39 is 21.7 Å². The van der Waals surface area contributed by atoms with Gasteiger partial charge in [0, 0.05) is 6.42 Å². The van der Waals surface area contributed by atoms with E-state index in [0.29, 0.717) is 5.56 Å². The Morgan fingerprint density at radius 2 is 1.95 bits per heavy atom. The van der Waals surface area contributed by atoms with Crippen LogP contribution in [0.4, 0.5) is 0 Å². The highest BCUT2D eigenvalue weighted by Gasteiger charge is 2.23. The van der Waals surface area contributed by atoms with Crippen molar-refractivity contribution < 1.29 is 13.2 Å². The molecule has 1 amide bonds. The minimum absolute atomic E-state index is 0.120. The first-order valence-corrected chi connectivity index (χ1v) is 7.67. The Balaban J connectivity index is 2.72. The number of rotatable bonds is 7. The van der Waals surface area contributed by atoms with Crippen LogP contribution >= 0.6 is 0 Å². The van der Waals surface area contributed by atoms with E-state index in [1.807, 2.05) is 6.07 Å². The third-order valence-electron chi connectivity index (χ3n) is 2.69. The average molecular weight is 280 g/mol. The van der Waals surface area contributed by atoms with Gasteiger partial charge in [0.05, 0.1) is 23.5 Å². The highest BCUT2D eigenvalue weighted by Crippen LogP contribution is 2.13. The van der Waals surface area contributed by atoms with Gasteiger partial charge in [-0.1, -0.05) is 30.3 Å². The van der Waals surface area contributed by atoms with Crippen molar-refractivity contribution in [1.82, 2.24) is 0 Å². The van der Waals surface area contributed by atoms with E-state index in [1.54, 1.807) is 30.3 Å². The molecule has 0 aliphatic rings. The SMILES string of the molecule is N#CCCC(CS(=O)(=O)Cc1ccccc1)C(N)=O. The first-order chi connectivity index (χ1) is 8.94. The minimum atomic E-state index is -3.42. The number of hydrogen-bond donors (Lipinski definition) is 1. The topological polar surface area (TPSA) is 101 Å². The largest absolute Gasteiger partial charge is 0.369 e. The van der Waals surface area contributed by atoms with Crippen molar-refractivity contribution in [3.8, 4) is 6.07 Å². The number of nitrogens with two attached hydrogens (primary N) is 1. The Kier molecular flexibility index (Phi) is 5.52. The van der Waals surface area contributed by atoms with Gasteiger partial charge < -0.3 is 5.73 Å². The number of carbonyl (C=O) groups excluding carboxylic acids is 1. The van der Waals surface area contributed by atoms with Crippen LogP contribution in [0.25, 0.3) is 0 Å². The number of hydrogen-bond acceptors (Lipinski definition) is 4. The molecule has 6 heteroatoms. The number of nitriles is 1. The van der Waals surface area contributed by atoms with Crippen molar-refractivity contribution >= 4 is 15.7 Å². The standard InChI is InChI=1S/C13H16N2O3S/c14-8-4-7-12(13(15)16)10-19(17,18)9-11-5-2-1-3-6-11/h1-3,5-6,12H,4,7,9-10H2,(H2,15,16). The van der Waals surface area contributed by atoms with Gasteiger partial charge in [-0.05, 0) is 12.0 Å². The quantitative estimate of drug-likeness (QED) is 0.805. The molecule has 0 heterocycles. The van der Waals surface area contributed by atoms with Crippen LogP contribution in [-0.2, 0) is 20.4 Å². The van der Waals surface area contributed by atoms with Gasteiger partial charge in [0.1, 0.15) is 0 Å². The molecule has 1 unspecified atom stereocenters. The van der Waals surface area contributed by atoms with Gasteiger partial charge in [0.15, 0.2) is 9.84 Å². The molecule has 0 aromatic heterocycles. The predicted octanol–water partition coefficient (Wildman–Crippen LogP) is 1.01. The Labute approximate surface area is 113 Å². The fraction of sp³-hybridized carbons (Fsp3) is 0.385. The van der Waals surface area contributed by atoms with Crippen molar-refractivity contribution in [2.24, 2.45) is 11.7 Å². The lowest BCUT2D eigenvalue weighted by Crippen LogP contribution is -2.30. The molecule has 2 N–H and O–H groups in total. The van der Waals surface area contributed by atoms with Gasteiger partial charge in [0.2, 0.25) is 5.91 Å². The molecular formula is C13H16N2O3S. The Bertz CT molecular complexity index is 561. The van der Waals surface area contributed by atoms with Crippen molar-refractivity contribution in [2.75, 3.05) is 5.75 Å². The zero-order chi connectivity index (χ0) is 14.3. The van der Waals surface area contributed by atoms with Crippen LogP contribution in [0.15, 0.2) is 30.3 Å². The van der Waals surface area contributed by atoms with Gasteiger partial charge in [-0.25, -0.2) is 8.42 Å². The van der Waals surface area contributed by atoms with Crippen molar-refractivity contribution in [1.29, 1.82) is 5.26 Å². The van der Waals surface area contributed by atoms with Crippen molar-refractivity contribution in [3.63, 3.8) is 0 Å². The number of benzene rings is 1. The van der Waals surface area contributed by atoms with Crippen LogP contribution in [0.3, 0.4) is 0 Å². The monoisotopic (exact) mass is 280 g/mol. The summed E-state index contributed by atoms with van der Waals surface area (Å²) < 4.78 is 24.0. The summed E-state index contributed by atoms with van der Waals surface area (Å²) >= 11 is 0. The lowest BCUT2D eigenvalue weighted by molar-refractivity contribution is -0.121. The number of amides is 1. The second kappa shape index (κ2) is 6.90. The van der Waals surface area contributed by atoms with Gasteiger partial charge in [-0.15, -0.1) is 0 Å². The summed E-state index contributed by atoms with van der Waals surface area (Å²) in [5.41, 5.74) is 5.84. The third-order valence-corrected chi connectivity index (χ3v) is 4.37. The Morgan fingerprint density at radius 3 is 2.47 bits per heavy atom. The molecule has 1 aromatic rings. The van der Waals surface area contributed by atoms with Gasteiger partial charge in [-0.2, -0.15) is 5.26 Å². The van der Waals surface area contributed by atoms with Crippen LogP contribution in [0, 0.1) is 17.2 Å². The molecule has 0 aliphatic carbocycles. The number of nitrogens with zero attached hydrogens (tertiary/aromatic N) is 1. The number of carbonyl (C=O) groups is 1. The molecule has 19 heavy (non-hydrogen) atoms. The zero-order valence-electron chi connectivity index (χ0n) is 10.5. The molecule has 0 bridgehead atoms. The van der Waals surface area contributed by atoms with E-state index in [1.165, 1.54) is 0 Å². The summed E-state index contributed by atoms with van der Waals surface area (Å²) in [6.07, 6.45) is 0.300. The van der Waals surface area contributed by atoms with Crippen LogP contribution < -0.4 is 5.73 Å². The molecule has 1 aromatic carbocycles. The summed E-state index contributed by atoms with van der Waals surface area (Å²) in [5, 5.41) is 8.48. The van der Waals surface area contributed by atoms with Crippen LogP contribution in [-0.4, -0.2) is 20.1 Å². The normalized spacial score (nSPS) is 12.6. The molecule has 0 saturated carbocycles. The van der Waals surface area contributed by atoms with Crippen molar-refractivity contribution in [3.05, 3.63) is 35.9 Å². The second-order valence-electron chi connectivity index (χ2n) is 4.34. The van der Waals surface area contributed by atoms with Gasteiger partial charge >= 0.3 is 0 Å². The lowest BCUT2D eigenvalue weighted by atomic mass is 10.1. The van der Waals surface area contributed by atoms with E-state index in [-0.39, 0.29) is 24.3 Å². The minimum Gasteiger partial charge on any atom is -0.369 e. The molecular weight excluding hydrogens is 264 g/mol. The Morgan fingerprint density at radius 1 is 1.32 bits per heavy atom. The molecule has 5 nitrogen and oxygen atoms in total. The predicted molar refractivity (Wildman–Crippen MR) is 71.5 cm³/mol. The van der Waals surface area contributed by atoms with E-state index >= 15 is 0 Å². The first-order valence-electron chi connectivity index (χ1n) is 5.85. The number of primary amides is 1. The van der Waals surface area contributed by atoms with Crippen LogP contribution in [0.5, 0.6) is 0 Å². The lowest BCUT2D eigenvalue weighted by Gasteiger charge is -2.12. The summed E-state index contributed by atoms with van der Waals surface area (Å²) in [6.45, 7) is 0. The van der Waals surface area contributed by atoms with E-state index in [0.717, 1.165) is 0 Å². The molecule has 1 rings (SSSR count). The third kappa shape index (κ3) is 5.53. The van der Waals surface area contributed by atoms with Crippen LogP contribution in [0.2, 0.25) is 0 Å². The summed E-state index contributed by atoms with van der Waals surface area (Å²) in [6, 6.07) is 10.6. The zero-order valence-corrected chi connectivity index (χ0v) is 11.3. The molecule has 1 atom stereocenters. The highest BCUT2D eigenvalue weighted by atomic mass is 32.2. The maximum atomic E-state index is 12.0. The van der Waals surface area contributed by atoms with E-state index in [2.05, 4.69) is 0 Å². The second-order valence-corrected chi connectivity index (χ2v) is 6.45. The molecule has 0 saturated heterocycles. The maximum absolute atomic E-state index is 12.0. The fourth-order valence-electron chi connectivity index (χ4n) is 1.74. The molecule has 0 aliphatic heterocycles. The highest BCUT2D eigenvalue weighted by molar-refractivity contribution is 7.90. The van der Waals surface area contributed by atoms with Gasteiger partial charge in [0.25, 0.3) is 0 Å². The molecule has 0 radical (unpaired) electrons. The summed E-state index contributed by atoms with van der Waals surface area (Å²) in [5.74, 6) is -1.90. The van der Waals surface area contributed by atoms with Gasteiger partial charge in [-0.3, -0.25) is 4.79 Å². The van der Waals surface area contributed by atoms with E-state index in [9.17, 15) is 13.2 Å². The van der Waals surface area contributed by atoms with E-state index in [4.69, 9.17) is 11.0 Å². The fourth-order valence-corrected chi connectivity index (χ4v) is 3.50. The maximum Gasteiger partial charge on any atom is 0.221 e.